The lowest BCUT2D eigenvalue weighted by Crippen LogP contribution is -2.39. The van der Waals surface area contributed by atoms with Gasteiger partial charge in [0.05, 0.1) is 6.61 Å². The Morgan fingerprint density at radius 1 is 0.963 bits per heavy atom. The Morgan fingerprint density at radius 2 is 1.56 bits per heavy atom. The van der Waals surface area contributed by atoms with E-state index in [1.807, 2.05) is 0 Å². The van der Waals surface area contributed by atoms with E-state index in [1.165, 1.54) is 45.4 Å². The molecular weight excluding hydrogens is 352 g/mol. The highest BCUT2D eigenvalue weighted by Crippen LogP contribution is 2.10. The zero-order valence-corrected chi connectivity index (χ0v) is 16.4. The molecule has 0 saturated carbocycles. The van der Waals surface area contributed by atoms with Crippen molar-refractivity contribution in [1.29, 1.82) is 0 Å². The molecule has 152 valence electrons. The average molecular weight is 383 g/mol. The Labute approximate surface area is 160 Å². The number of nitrogens with one attached hydrogen (secondary N) is 1. The molecule has 4 nitrogen and oxygen atoms in total. The quantitative estimate of drug-likeness (QED) is 0.378. The van der Waals surface area contributed by atoms with E-state index in [-0.39, 0.29) is 5.56 Å². The molecule has 1 N–H and O–H groups in total. The van der Waals surface area contributed by atoms with Gasteiger partial charge in [-0.3, -0.25) is 4.79 Å². The second-order valence-electron chi connectivity index (χ2n) is 6.82. The van der Waals surface area contributed by atoms with Crippen molar-refractivity contribution in [2.75, 3.05) is 6.61 Å². The van der Waals surface area contributed by atoms with Crippen LogP contribution in [0.15, 0.2) is 18.2 Å². The molecule has 0 spiro atoms. The van der Waals surface area contributed by atoms with Crippen LogP contribution in [-0.4, -0.2) is 24.5 Å². The van der Waals surface area contributed by atoms with Gasteiger partial charge in [0, 0.05) is 5.56 Å². The summed E-state index contributed by atoms with van der Waals surface area (Å²) in [6.45, 7) is 4.02. The fraction of sp³-hybridized carbons (Fsp3) is 0.619. The third-order valence-electron chi connectivity index (χ3n) is 4.38. The molecule has 0 aliphatic rings. The van der Waals surface area contributed by atoms with Gasteiger partial charge in [-0.1, -0.05) is 58.3 Å². The summed E-state index contributed by atoms with van der Waals surface area (Å²) in [5.74, 6) is -3.32. The molecule has 0 saturated heterocycles. The number of rotatable bonds is 13. The Hall–Kier alpha value is -1.98. The van der Waals surface area contributed by atoms with Crippen molar-refractivity contribution in [1.82, 2.24) is 5.32 Å². The summed E-state index contributed by atoms with van der Waals surface area (Å²) < 4.78 is 31.2. The molecule has 0 aliphatic heterocycles. The maximum absolute atomic E-state index is 13.2. The number of amides is 1. The molecule has 0 aliphatic carbocycles. The topological polar surface area (TPSA) is 55.4 Å². The van der Waals surface area contributed by atoms with Gasteiger partial charge in [-0.15, -0.1) is 0 Å². The van der Waals surface area contributed by atoms with E-state index in [0.29, 0.717) is 6.61 Å². The number of halogens is 2. The Kier molecular flexibility index (Phi) is 11.3. The lowest BCUT2D eigenvalue weighted by Gasteiger charge is -2.13. The first kappa shape index (κ1) is 23.1. The predicted molar refractivity (Wildman–Crippen MR) is 101 cm³/mol. The highest BCUT2D eigenvalue weighted by Gasteiger charge is 2.18. The van der Waals surface area contributed by atoms with E-state index in [1.54, 1.807) is 0 Å². The number of unbranched alkanes of at least 4 members (excludes halogenated alkanes) is 8. The minimum absolute atomic E-state index is 0.0486. The molecule has 0 heterocycles. The number of esters is 1. The molecule has 1 unspecified atom stereocenters. The molecule has 1 aromatic carbocycles. The molecule has 0 fully saturated rings. The number of carbonyl (C=O) groups excluding carboxylic acids is 2. The number of carbonyl (C=O) groups is 2. The zero-order chi connectivity index (χ0) is 20.1. The normalized spacial score (nSPS) is 11.9. The van der Waals surface area contributed by atoms with Crippen LogP contribution in [-0.2, 0) is 9.53 Å². The number of hydrogen-bond acceptors (Lipinski definition) is 3. The molecule has 0 bridgehead atoms. The summed E-state index contributed by atoms with van der Waals surface area (Å²) in [5, 5.41) is 2.43. The highest BCUT2D eigenvalue weighted by molar-refractivity contribution is 5.96. The van der Waals surface area contributed by atoms with Crippen molar-refractivity contribution in [2.24, 2.45) is 0 Å². The largest absolute Gasteiger partial charge is 0.464 e. The highest BCUT2D eigenvalue weighted by atomic mass is 19.2. The SMILES string of the molecule is CCCCCCCCCCCOC(=O)C(C)NC(=O)c1ccc(F)c(F)c1. The number of benzene rings is 1. The van der Waals surface area contributed by atoms with Crippen molar-refractivity contribution in [2.45, 2.75) is 77.7 Å². The lowest BCUT2D eigenvalue weighted by atomic mass is 10.1. The second-order valence-corrected chi connectivity index (χ2v) is 6.82. The van der Waals surface area contributed by atoms with Crippen LogP contribution in [0, 0.1) is 11.6 Å². The van der Waals surface area contributed by atoms with Crippen LogP contribution >= 0.6 is 0 Å². The maximum atomic E-state index is 13.2. The summed E-state index contributed by atoms with van der Waals surface area (Å²) in [7, 11) is 0. The Balaban J connectivity index is 2.15. The van der Waals surface area contributed by atoms with Crippen LogP contribution in [0.5, 0.6) is 0 Å². The van der Waals surface area contributed by atoms with Crippen molar-refractivity contribution in [3.63, 3.8) is 0 Å². The number of hydrogen-bond donors (Lipinski definition) is 1. The van der Waals surface area contributed by atoms with Gasteiger partial charge in [0.2, 0.25) is 0 Å². The summed E-state index contributed by atoms with van der Waals surface area (Å²) in [5.41, 5.74) is -0.0486. The van der Waals surface area contributed by atoms with Gasteiger partial charge >= 0.3 is 5.97 Å². The Bertz CT molecular complexity index is 593. The summed E-state index contributed by atoms with van der Waals surface area (Å²) in [6, 6.07) is 1.97. The molecule has 6 heteroatoms. The molecule has 1 aromatic rings. The Morgan fingerprint density at radius 3 is 2.15 bits per heavy atom. The van der Waals surface area contributed by atoms with E-state index >= 15 is 0 Å². The van der Waals surface area contributed by atoms with Crippen molar-refractivity contribution < 1.29 is 23.1 Å². The van der Waals surface area contributed by atoms with E-state index in [4.69, 9.17) is 4.74 Å². The fourth-order valence-corrected chi connectivity index (χ4v) is 2.69. The minimum atomic E-state index is -1.11. The number of ether oxygens (including phenoxy) is 1. The molecule has 1 amide bonds. The molecule has 1 atom stereocenters. The van der Waals surface area contributed by atoms with E-state index in [0.717, 1.165) is 37.5 Å². The van der Waals surface area contributed by atoms with E-state index < -0.39 is 29.6 Å². The van der Waals surface area contributed by atoms with Crippen molar-refractivity contribution in [3.8, 4) is 0 Å². The van der Waals surface area contributed by atoms with Gasteiger partial charge in [-0.2, -0.15) is 0 Å². The van der Waals surface area contributed by atoms with Gasteiger partial charge in [0.15, 0.2) is 11.6 Å². The average Bonchev–Trinajstić information content (AvgIpc) is 2.65. The third-order valence-corrected chi connectivity index (χ3v) is 4.38. The summed E-state index contributed by atoms with van der Waals surface area (Å²) in [4.78, 5) is 23.9. The monoisotopic (exact) mass is 383 g/mol. The first-order chi connectivity index (χ1) is 13.0. The van der Waals surface area contributed by atoms with Crippen LogP contribution < -0.4 is 5.32 Å². The summed E-state index contributed by atoms with van der Waals surface area (Å²) in [6.07, 6.45) is 10.6. The third kappa shape index (κ3) is 9.50. The zero-order valence-electron chi connectivity index (χ0n) is 16.4. The first-order valence-electron chi connectivity index (χ1n) is 9.88. The molecule has 1 rings (SSSR count). The van der Waals surface area contributed by atoms with Crippen LogP contribution in [0.2, 0.25) is 0 Å². The standard InChI is InChI=1S/C21H31F2NO3/c1-3-4-5-6-7-8-9-10-11-14-27-21(26)16(2)24-20(25)17-12-13-18(22)19(23)15-17/h12-13,15-16H,3-11,14H2,1-2H3,(H,24,25). The first-order valence-corrected chi connectivity index (χ1v) is 9.88. The van der Waals surface area contributed by atoms with Crippen LogP contribution in [0.1, 0.15) is 82.0 Å². The van der Waals surface area contributed by atoms with E-state index in [2.05, 4.69) is 12.2 Å². The van der Waals surface area contributed by atoms with Gasteiger partial charge in [0.25, 0.3) is 5.91 Å². The smallest absolute Gasteiger partial charge is 0.328 e. The molecule has 27 heavy (non-hydrogen) atoms. The molecule has 0 aromatic heterocycles. The van der Waals surface area contributed by atoms with Crippen LogP contribution in [0.3, 0.4) is 0 Å². The minimum Gasteiger partial charge on any atom is -0.464 e. The summed E-state index contributed by atoms with van der Waals surface area (Å²) >= 11 is 0. The molecular formula is C21H31F2NO3. The lowest BCUT2D eigenvalue weighted by molar-refractivity contribution is -0.145. The fourth-order valence-electron chi connectivity index (χ4n) is 2.69. The van der Waals surface area contributed by atoms with Gasteiger partial charge in [-0.05, 0) is 31.5 Å². The maximum Gasteiger partial charge on any atom is 0.328 e. The predicted octanol–water partition coefficient (Wildman–Crippen LogP) is 5.16. The van der Waals surface area contributed by atoms with E-state index in [9.17, 15) is 18.4 Å². The van der Waals surface area contributed by atoms with Gasteiger partial charge in [-0.25, -0.2) is 13.6 Å². The van der Waals surface area contributed by atoms with Gasteiger partial charge in [0.1, 0.15) is 6.04 Å². The molecule has 0 radical (unpaired) electrons. The van der Waals surface area contributed by atoms with Gasteiger partial charge < -0.3 is 10.1 Å². The van der Waals surface area contributed by atoms with Crippen LogP contribution in [0.4, 0.5) is 8.78 Å². The van der Waals surface area contributed by atoms with Crippen LogP contribution in [0.25, 0.3) is 0 Å². The van der Waals surface area contributed by atoms with Crippen molar-refractivity contribution in [3.05, 3.63) is 35.4 Å². The second kappa shape index (κ2) is 13.2. The van der Waals surface area contributed by atoms with Crippen molar-refractivity contribution >= 4 is 11.9 Å².